The van der Waals surface area contributed by atoms with Gasteiger partial charge in [-0.2, -0.15) is 0 Å². The molecule has 2 heterocycles. The monoisotopic (exact) mass is 249 g/mol. The zero-order valence-electron chi connectivity index (χ0n) is 11.3. The Morgan fingerprint density at radius 2 is 2.22 bits per heavy atom. The van der Waals surface area contributed by atoms with Crippen LogP contribution in [0.3, 0.4) is 0 Å². The first-order chi connectivity index (χ1) is 8.79. The van der Waals surface area contributed by atoms with E-state index in [1.54, 1.807) is 0 Å². The fourth-order valence-corrected chi connectivity index (χ4v) is 2.39. The molecule has 0 aromatic carbocycles. The van der Waals surface area contributed by atoms with Crippen molar-refractivity contribution in [3.05, 3.63) is 18.3 Å². The summed E-state index contributed by atoms with van der Waals surface area (Å²) in [5.41, 5.74) is 1.14. The van der Waals surface area contributed by atoms with Gasteiger partial charge in [0.2, 0.25) is 0 Å². The van der Waals surface area contributed by atoms with Crippen molar-refractivity contribution in [2.45, 2.75) is 32.7 Å². The average molecular weight is 249 g/mol. The fourth-order valence-electron chi connectivity index (χ4n) is 2.39. The summed E-state index contributed by atoms with van der Waals surface area (Å²) in [7, 11) is 0. The van der Waals surface area contributed by atoms with Crippen molar-refractivity contribution >= 4 is 11.5 Å². The Morgan fingerprint density at radius 1 is 1.44 bits per heavy atom. The summed E-state index contributed by atoms with van der Waals surface area (Å²) in [5.74, 6) is 1.64. The molecule has 4 heteroatoms. The summed E-state index contributed by atoms with van der Waals surface area (Å²) in [4.78, 5) is 4.28. The summed E-state index contributed by atoms with van der Waals surface area (Å²) >= 11 is 0. The minimum absolute atomic E-state index is 0.478. The molecule has 4 nitrogen and oxygen atoms in total. The highest BCUT2D eigenvalue weighted by Gasteiger charge is 2.20. The maximum Gasteiger partial charge on any atom is 0.127 e. The van der Waals surface area contributed by atoms with Crippen molar-refractivity contribution in [2.24, 2.45) is 5.92 Å². The van der Waals surface area contributed by atoms with E-state index in [-0.39, 0.29) is 0 Å². The molecule has 1 aromatic heterocycles. The van der Waals surface area contributed by atoms with Crippen LogP contribution in [-0.4, -0.2) is 30.8 Å². The average Bonchev–Trinajstić information content (AvgIpc) is 2.40. The van der Waals surface area contributed by atoms with Gasteiger partial charge in [0.05, 0.1) is 0 Å². The molecule has 0 aliphatic carbocycles. The van der Waals surface area contributed by atoms with E-state index < -0.39 is 0 Å². The Balaban J connectivity index is 1.93. The minimum Gasteiger partial charge on any atom is -0.382 e. The second kappa shape index (κ2) is 6.59. The van der Waals surface area contributed by atoms with Gasteiger partial charge in [0.25, 0.3) is 0 Å². The van der Waals surface area contributed by atoms with Crippen molar-refractivity contribution in [3.63, 3.8) is 0 Å². The molecular weight excluding hydrogens is 226 g/mol. The normalized spacial score (nSPS) is 18.3. The van der Waals surface area contributed by atoms with Crippen molar-refractivity contribution in [2.75, 3.05) is 30.4 Å². The minimum atomic E-state index is 0.478. The second-order valence-electron chi connectivity index (χ2n) is 4.84. The Labute approximate surface area is 109 Å². The van der Waals surface area contributed by atoms with E-state index in [1.165, 1.54) is 0 Å². The summed E-state index contributed by atoms with van der Waals surface area (Å²) < 4.78 is 5.40. The lowest BCUT2D eigenvalue weighted by molar-refractivity contribution is 0.0622. The number of rotatable bonds is 5. The lowest BCUT2D eigenvalue weighted by Gasteiger charge is -2.29. The van der Waals surface area contributed by atoms with Crippen LogP contribution in [0.4, 0.5) is 11.5 Å². The lowest BCUT2D eigenvalue weighted by atomic mass is 9.93. The highest BCUT2D eigenvalue weighted by atomic mass is 16.5. The van der Waals surface area contributed by atoms with Crippen LogP contribution in [0.15, 0.2) is 18.3 Å². The zero-order chi connectivity index (χ0) is 12.8. The van der Waals surface area contributed by atoms with Gasteiger partial charge in [0.15, 0.2) is 0 Å². The van der Waals surface area contributed by atoms with Crippen LogP contribution in [0, 0.1) is 5.92 Å². The molecule has 1 saturated heterocycles. The Kier molecular flexibility index (Phi) is 4.81. The molecule has 1 aromatic rings. The van der Waals surface area contributed by atoms with Gasteiger partial charge in [-0.15, -0.1) is 0 Å². The van der Waals surface area contributed by atoms with Crippen molar-refractivity contribution in [1.82, 2.24) is 4.98 Å². The van der Waals surface area contributed by atoms with E-state index in [2.05, 4.69) is 35.5 Å². The molecule has 1 atom stereocenters. The maximum atomic E-state index is 5.40. The van der Waals surface area contributed by atoms with Gasteiger partial charge in [-0.25, -0.2) is 4.98 Å². The van der Waals surface area contributed by atoms with Gasteiger partial charge in [-0.1, -0.05) is 0 Å². The predicted octanol–water partition coefficient (Wildman–Crippen LogP) is 2.74. The molecule has 1 fully saturated rings. The number of pyridine rings is 1. The first-order valence-corrected chi connectivity index (χ1v) is 6.84. The predicted molar refractivity (Wildman–Crippen MR) is 75.0 cm³/mol. The Hall–Kier alpha value is -1.29. The van der Waals surface area contributed by atoms with Crippen LogP contribution in [-0.2, 0) is 4.74 Å². The Morgan fingerprint density at radius 3 is 2.94 bits per heavy atom. The van der Waals surface area contributed by atoms with E-state index in [0.29, 0.717) is 12.0 Å². The van der Waals surface area contributed by atoms with Crippen LogP contribution >= 0.6 is 0 Å². The van der Waals surface area contributed by atoms with E-state index >= 15 is 0 Å². The van der Waals surface area contributed by atoms with Crippen molar-refractivity contribution in [3.8, 4) is 0 Å². The lowest BCUT2D eigenvalue weighted by Crippen LogP contribution is -2.30. The second-order valence-corrected chi connectivity index (χ2v) is 4.84. The van der Waals surface area contributed by atoms with Crippen LogP contribution in [0.5, 0.6) is 0 Å². The third kappa shape index (κ3) is 3.60. The van der Waals surface area contributed by atoms with Gasteiger partial charge >= 0.3 is 0 Å². The quantitative estimate of drug-likeness (QED) is 0.842. The molecule has 1 aliphatic heterocycles. The van der Waals surface area contributed by atoms with Crippen LogP contribution < -0.4 is 10.6 Å². The largest absolute Gasteiger partial charge is 0.382 e. The number of hydrogen-bond acceptors (Lipinski definition) is 4. The van der Waals surface area contributed by atoms with Gasteiger partial charge in [-0.3, -0.25) is 0 Å². The van der Waals surface area contributed by atoms with Crippen LogP contribution in [0.1, 0.15) is 26.7 Å². The smallest absolute Gasteiger partial charge is 0.127 e. The van der Waals surface area contributed by atoms with Crippen LogP contribution in [0.25, 0.3) is 0 Å². The SMILES string of the molecule is CCNc1cc(NC(C)C2CCOCC2)ccn1. The summed E-state index contributed by atoms with van der Waals surface area (Å²) in [6.45, 7) is 7.02. The summed E-state index contributed by atoms with van der Waals surface area (Å²) in [6, 6.07) is 4.57. The first-order valence-electron chi connectivity index (χ1n) is 6.84. The summed E-state index contributed by atoms with van der Waals surface area (Å²) in [6.07, 6.45) is 4.15. The zero-order valence-corrected chi connectivity index (χ0v) is 11.3. The van der Waals surface area contributed by atoms with E-state index in [9.17, 15) is 0 Å². The Bertz CT molecular complexity index is 364. The maximum absolute atomic E-state index is 5.40. The molecule has 0 bridgehead atoms. The summed E-state index contributed by atoms with van der Waals surface area (Å²) in [5, 5.41) is 6.80. The molecule has 1 unspecified atom stereocenters. The molecule has 0 saturated carbocycles. The van der Waals surface area contributed by atoms with Crippen molar-refractivity contribution < 1.29 is 4.74 Å². The number of ether oxygens (including phenoxy) is 1. The number of aromatic nitrogens is 1. The van der Waals surface area contributed by atoms with E-state index in [4.69, 9.17) is 4.74 Å². The fraction of sp³-hybridized carbons (Fsp3) is 0.643. The molecule has 2 rings (SSSR count). The van der Waals surface area contributed by atoms with E-state index in [0.717, 1.165) is 44.1 Å². The van der Waals surface area contributed by atoms with Crippen LogP contribution in [0.2, 0.25) is 0 Å². The van der Waals surface area contributed by atoms with E-state index in [1.807, 2.05) is 12.3 Å². The molecular formula is C14H23N3O. The van der Waals surface area contributed by atoms with Gasteiger partial charge in [0, 0.05) is 43.8 Å². The number of nitrogens with zero attached hydrogens (tertiary/aromatic N) is 1. The van der Waals surface area contributed by atoms with Crippen molar-refractivity contribution in [1.29, 1.82) is 0 Å². The highest BCUT2D eigenvalue weighted by molar-refractivity contribution is 5.52. The molecule has 0 radical (unpaired) electrons. The molecule has 1 aliphatic rings. The molecule has 100 valence electrons. The third-order valence-electron chi connectivity index (χ3n) is 3.49. The standard InChI is InChI=1S/C14H23N3O/c1-3-15-14-10-13(4-7-16-14)17-11(2)12-5-8-18-9-6-12/h4,7,10-12H,3,5-6,8-9H2,1-2H3,(H2,15,16,17). The number of anilines is 2. The van der Waals surface area contributed by atoms with Gasteiger partial charge in [-0.05, 0) is 38.7 Å². The molecule has 0 spiro atoms. The molecule has 18 heavy (non-hydrogen) atoms. The van der Waals surface area contributed by atoms with Gasteiger partial charge < -0.3 is 15.4 Å². The number of nitrogens with one attached hydrogen (secondary N) is 2. The third-order valence-corrected chi connectivity index (χ3v) is 3.49. The van der Waals surface area contributed by atoms with Gasteiger partial charge in [0.1, 0.15) is 5.82 Å². The topological polar surface area (TPSA) is 46.2 Å². The number of hydrogen-bond donors (Lipinski definition) is 2. The first kappa shape index (κ1) is 13.1. The molecule has 2 N–H and O–H groups in total. The molecule has 0 amide bonds. The highest BCUT2D eigenvalue weighted by Crippen LogP contribution is 2.22.